The number of dihydropyridines is 1. The van der Waals surface area contributed by atoms with Crippen LogP contribution in [0.4, 0.5) is 4.39 Å². The van der Waals surface area contributed by atoms with E-state index in [1.165, 1.54) is 24.8 Å². The maximum absolute atomic E-state index is 13.3. The van der Waals surface area contributed by atoms with Crippen LogP contribution in [-0.4, -0.2) is 17.0 Å². The topological polar surface area (TPSA) is 54.4 Å². The highest BCUT2D eigenvalue weighted by Gasteiger charge is 2.24. The van der Waals surface area contributed by atoms with Crippen LogP contribution < -0.4 is 5.32 Å². The average molecular weight is 415 g/mol. The van der Waals surface area contributed by atoms with Gasteiger partial charge in [0.05, 0.1) is 5.70 Å². The average Bonchev–Trinajstić information content (AvgIpc) is 3.16. The summed E-state index contributed by atoms with van der Waals surface area (Å²) in [6.07, 6.45) is 4.82. The quantitative estimate of drug-likeness (QED) is 0.650. The third kappa shape index (κ3) is 5.12. The molecule has 2 unspecified atom stereocenters. The van der Waals surface area contributed by atoms with Gasteiger partial charge >= 0.3 is 0 Å². The van der Waals surface area contributed by atoms with Crippen molar-refractivity contribution in [2.75, 3.05) is 7.11 Å². The highest BCUT2D eigenvalue weighted by atomic mass is 35.5. The van der Waals surface area contributed by atoms with E-state index >= 15 is 0 Å². The Hall–Kier alpha value is -1.30. The molecule has 0 saturated heterocycles. The van der Waals surface area contributed by atoms with Gasteiger partial charge in [0, 0.05) is 35.3 Å². The monoisotopic (exact) mass is 414 g/mol. The molecule has 140 valence electrons. The number of allylic oxidation sites excluding steroid dienone is 3. The molecule has 2 heterocycles. The summed E-state index contributed by atoms with van der Waals surface area (Å²) in [7, 11) is 1.08. The number of hydrogen-bond donors (Lipinski definition) is 2. The van der Waals surface area contributed by atoms with Crippen LogP contribution in [0.15, 0.2) is 47.1 Å². The van der Waals surface area contributed by atoms with E-state index in [1.54, 1.807) is 23.6 Å². The first-order valence-corrected chi connectivity index (χ1v) is 10.1. The van der Waals surface area contributed by atoms with Crippen molar-refractivity contribution in [3.05, 3.63) is 68.5 Å². The van der Waals surface area contributed by atoms with Crippen molar-refractivity contribution in [1.82, 2.24) is 10.3 Å². The number of nitrogens with zero attached hydrogens (tertiary/aromatic N) is 1. The first kappa shape index (κ1) is 21.0. The molecule has 0 fully saturated rings. The van der Waals surface area contributed by atoms with Crippen LogP contribution in [0.2, 0.25) is 5.02 Å². The van der Waals surface area contributed by atoms with E-state index in [-0.39, 0.29) is 20.8 Å². The number of hydrogen-bond acceptors (Lipinski definition) is 5. The predicted octanol–water partition coefficient (Wildman–Crippen LogP) is 5.48. The van der Waals surface area contributed by atoms with Crippen LogP contribution in [0.5, 0.6) is 0 Å². The maximum Gasteiger partial charge on any atom is 0.151 e. The van der Waals surface area contributed by atoms with Gasteiger partial charge in [0.2, 0.25) is 0 Å². The van der Waals surface area contributed by atoms with Crippen LogP contribution in [0.1, 0.15) is 36.8 Å². The van der Waals surface area contributed by atoms with E-state index < -0.39 is 0 Å². The first-order chi connectivity index (χ1) is 12.5. The Kier molecular flexibility index (Phi) is 8.19. The fraction of sp³-hybridized carbons (Fsp3) is 0.278. The molecule has 2 N–H and O–H groups in total. The van der Waals surface area contributed by atoms with Gasteiger partial charge in [-0.25, -0.2) is 9.37 Å². The number of rotatable bonds is 4. The Balaban J connectivity index is 0.000000552. The lowest BCUT2D eigenvalue weighted by Crippen LogP contribution is -2.20. The summed E-state index contributed by atoms with van der Waals surface area (Å²) in [5.74, 6) is -0.274. The Morgan fingerprint density at radius 1 is 1.46 bits per heavy atom. The number of thiazole rings is 1. The molecule has 3 rings (SSSR count). The van der Waals surface area contributed by atoms with Gasteiger partial charge in [-0.05, 0) is 42.7 Å². The zero-order valence-corrected chi connectivity index (χ0v) is 17.3. The van der Waals surface area contributed by atoms with Crippen molar-refractivity contribution in [2.45, 2.75) is 26.2 Å². The van der Waals surface area contributed by atoms with E-state index in [2.05, 4.69) is 34.7 Å². The fourth-order valence-corrected chi connectivity index (χ4v) is 3.73. The van der Waals surface area contributed by atoms with Gasteiger partial charge in [0.1, 0.15) is 10.8 Å². The number of nitrogens with one attached hydrogen (secondary N) is 1. The van der Waals surface area contributed by atoms with Crippen LogP contribution in [0, 0.1) is 5.82 Å². The summed E-state index contributed by atoms with van der Waals surface area (Å²) in [5, 5.41) is 6.77. The van der Waals surface area contributed by atoms with Crippen molar-refractivity contribution in [3.63, 3.8) is 0 Å². The Bertz CT molecular complexity index is 794. The van der Waals surface area contributed by atoms with E-state index in [0.29, 0.717) is 5.02 Å². The summed E-state index contributed by atoms with van der Waals surface area (Å²) in [4.78, 5) is 12.0. The molecule has 0 aliphatic carbocycles. The van der Waals surface area contributed by atoms with Gasteiger partial charge < -0.3 is 14.7 Å². The molecule has 0 radical (unpaired) electrons. The number of aromatic nitrogens is 1. The summed E-state index contributed by atoms with van der Waals surface area (Å²) in [5.41, 5.74) is 4.28. The largest absolute Gasteiger partial charge is 0.357 e. The molecule has 2 aromatic rings. The zero-order chi connectivity index (χ0) is 19.1. The molecule has 0 bridgehead atoms. The lowest BCUT2D eigenvalue weighted by molar-refractivity contribution is 0.413. The molecule has 2 atom stereocenters. The van der Waals surface area contributed by atoms with E-state index in [9.17, 15) is 4.39 Å². The summed E-state index contributed by atoms with van der Waals surface area (Å²) in [6, 6.07) is 4.60. The molecule has 0 spiro atoms. The highest BCUT2D eigenvalue weighted by molar-refractivity contribution is 7.24. The number of halogens is 2. The third-order valence-electron chi connectivity index (χ3n) is 3.95. The van der Waals surface area contributed by atoms with Crippen LogP contribution in [-0.2, 0) is 4.52 Å². The van der Waals surface area contributed by atoms with Crippen molar-refractivity contribution in [3.8, 4) is 0 Å². The maximum atomic E-state index is 13.3. The van der Waals surface area contributed by atoms with Gasteiger partial charge in [0.25, 0.3) is 0 Å². The molecule has 1 aliphatic rings. The van der Waals surface area contributed by atoms with Gasteiger partial charge in [-0.3, -0.25) is 0 Å². The molecule has 1 aromatic carbocycles. The van der Waals surface area contributed by atoms with Crippen molar-refractivity contribution in [1.29, 1.82) is 0 Å². The van der Waals surface area contributed by atoms with Gasteiger partial charge in [0.15, 0.2) is 9.03 Å². The summed E-state index contributed by atoms with van der Waals surface area (Å²) < 4.78 is 17.5. The lowest BCUT2D eigenvalue weighted by Gasteiger charge is -2.27. The smallest absolute Gasteiger partial charge is 0.151 e. The van der Waals surface area contributed by atoms with Crippen molar-refractivity contribution < 1.29 is 13.8 Å². The molecule has 8 heteroatoms. The molecule has 0 amide bonds. The third-order valence-corrected chi connectivity index (χ3v) is 5.26. The highest BCUT2D eigenvalue weighted by Crippen LogP contribution is 2.39. The Morgan fingerprint density at radius 3 is 2.73 bits per heavy atom. The fourth-order valence-electron chi connectivity index (χ4n) is 2.82. The predicted molar refractivity (Wildman–Crippen MR) is 108 cm³/mol. The van der Waals surface area contributed by atoms with Crippen molar-refractivity contribution >= 4 is 37.7 Å². The van der Waals surface area contributed by atoms with Gasteiger partial charge in [-0.2, -0.15) is 0 Å². The SMILES string of the molecule is CCC1=C(C)NC(c2nccs2)=CC1c1ccc(F)cc1Cl.COPO. The molecular weight excluding hydrogens is 394 g/mol. The lowest BCUT2D eigenvalue weighted by atomic mass is 9.85. The summed E-state index contributed by atoms with van der Waals surface area (Å²) in [6.45, 7) is 4.18. The number of benzene rings is 1. The van der Waals surface area contributed by atoms with Gasteiger partial charge in [-0.15, -0.1) is 11.3 Å². The minimum atomic E-state index is -0.360. The normalized spacial score (nSPS) is 17.0. The molecule has 26 heavy (non-hydrogen) atoms. The minimum Gasteiger partial charge on any atom is -0.357 e. The Morgan fingerprint density at radius 2 is 2.19 bits per heavy atom. The van der Waals surface area contributed by atoms with Crippen molar-refractivity contribution in [2.24, 2.45) is 0 Å². The molecular formula is C18H21ClFN2O2PS. The van der Waals surface area contributed by atoms with E-state index in [0.717, 1.165) is 28.4 Å². The molecule has 0 saturated carbocycles. The Labute approximate surface area is 163 Å². The first-order valence-electron chi connectivity index (χ1n) is 7.97. The zero-order valence-electron chi connectivity index (χ0n) is 14.7. The second-order valence-electron chi connectivity index (χ2n) is 5.49. The van der Waals surface area contributed by atoms with E-state index in [4.69, 9.17) is 16.5 Å². The molecule has 1 aliphatic heterocycles. The summed E-state index contributed by atoms with van der Waals surface area (Å²) >= 11 is 7.87. The van der Waals surface area contributed by atoms with Crippen LogP contribution in [0.25, 0.3) is 5.70 Å². The molecule has 1 aromatic heterocycles. The molecule has 4 nitrogen and oxygen atoms in total. The second kappa shape index (κ2) is 10.1. The van der Waals surface area contributed by atoms with Gasteiger partial charge in [-0.1, -0.05) is 24.6 Å². The second-order valence-corrected chi connectivity index (χ2v) is 7.38. The minimum absolute atomic E-state index is 0.0400. The van der Waals surface area contributed by atoms with Crippen LogP contribution in [0.3, 0.4) is 0 Å². The van der Waals surface area contributed by atoms with Crippen LogP contribution >= 0.6 is 32.0 Å². The standard InChI is InChI=1S/C17H16ClFN2S.CH5O2P/c1-3-12-10(2)21-16(17-20-6-7-22-17)9-14(12)13-5-4-11(19)8-15(13)18;1-3-4-2/h4-9,14,21H,3H2,1-2H3;2,4H,1H3. The van der Waals surface area contributed by atoms with E-state index in [1.807, 2.05) is 5.38 Å².